The molecule has 2 aliphatic rings. The van der Waals surface area contributed by atoms with Gasteiger partial charge in [0, 0.05) is 49.0 Å². The summed E-state index contributed by atoms with van der Waals surface area (Å²) in [6.07, 6.45) is 11.8. The first-order chi connectivity index (χ1) is 15.7. The molecule has 2 aliphatic carbocycles. The molecule has 2 fully saturated rings. The zero-order valence-corrected chi connectivity index (χ0v) is 18.9. The summed E-state index contributed by atoms with van der Waals surface area (Å²) >= 11 is 0. The number of H-pyrrole nitrogens is 1. The lowest BCUT2D eigenvalue weighted by atomic mass is 9.86. The van der Waals surface area contributed by atoms with Crippen molar-refractivity contribution in [1.29, 1.82) is 0 Å². The van der Waals surface area contributed by atoms with Gasteiger partial charge in [-0.1, -0.05) is 37.5 Å². The first kappa shape index (κ1) is 21.0. The Morgan fingerprint density at radius 3 is 2.72 bits per heavy atom. The van der Waals surface area contributed by atoms with Crippen LogP contribution in [0.25, 0.3) is 10.9 Å². The van der Waals surface area contributed by atoms with Crippen LogP contribution in [0.1, 0.15) is 80.4 Å². The van der Waals surface area contributed by atoms with Gasteiger partial charge in [0.15, 0.2) is 0 Å². The summed E-state index contributed by atoms with van der Waals surface area (Å²) in [6.45, 7) is 0. The Bertz CT molecular complexity index is 1080. The predicted octanol–water partition coefficient (Wildman–Crippen LogP) is 5.25. The van der Waals surface area contributed by atoms with Crippen LogP contribution in [0.15, 0.2) is 36.5 Å². The van der Waals surface area contributed by atoms with Gasteiger partial charge in [-0.15, -0.1) is 0 Å². The number of hydrogen-bond acceptors (Lipinski definition) is 4. The Balaban J connectivity index is 1.42. The zero-order valence-electron chi connectivity index (χ0n) is 18.9. The molecule has 2 aromatic heterocycles. The van der Waals surface area contributed by atoms with Crippen LogP contribution in [0.2, 0.25) is 0 Å². The predicted molar refractivity (Wildman–Crippen MR) is 128 cm³/mol. The molecule has 0 spiro atoms. The molecule has 32 heavy (non-hydrogen) atoms. The number of carbonyl (C=O) groups is 1. The van der Waals surface area contributed by atoms with Crippen LogP contribution in [0, 0.1) is 5.92 Å². The zero-order chi connectivity index (χ0) is 21.9. The number of aromatic amines is 1. The third kappa shape index (κ3) is 4.79. The molecule has 0 saturated heterocycles. The molecule has 5 rings (SSSR count). The molecule has 1 unspecified atom stereocenters. The summed E-state index contributed by atoms with van der Waals surface area (Å²) < 4.78 is 0. The minimum Gasteiger partial charge on any atom is -0.373 e. The Morgan fingerprint density at radius 1 is 1.12 bits per heavy atom. The minimum atomic E-state index is -0.183. The molecule has 1 amide bonds. The average Bonchev–Trinajstić information content (AvgIpc) is 3.60. The number of benzene rings is 1. The number of anilines is 1. The summed E-state index contributed by atoms with van der Waals surface area (Å²) in [7, 11) is 1.89. The van der Waals surface area contributed by atoms with Gasteiger partial charge in [-0.2, -0.15) is 0 Å². The highest BCUT2D eigenvalue weighted by Gasteiger charge is 2.29. The molecule has 2 heterocycles. The normalized spacial score (nSPS) is 17.9. The van der Waals surface area contributed by atoms with E-state index in [1.165, 1.54) is 43.1 Å². The molecule has 6 heteroatoms. The Morgan fingerprint density at radius 2 is 1.94 bits per heavy atom. The molecule has 1 aromatic carbocycles. The maximum Gasteiger partial charge on any atom is 0.220 e. The van der Waals surface area contributed by atoms with E-state index in [1.54, 1.807) is 0 Å². The smallest absolute Gasteiger partial charge is 0.220 e. The lowest BCUT2D eigenvalue weighted by Gasteiger charge is -2.24. The van der Waals surface area contributed by atoms with Crippen LogP contribution in [0.3, 0.4) is 0 Å². The van der Waals surface area contributed by atoms with Gasteiger partial charge in [-0.05, 0) is 43.2 Å². The fourth-order valence-corrected chi connectivity index (χ4v) is 4.97. The number of rotatable bonds is 8. The van der Waals surface area contributed by atoms with E-state index >= 15 is 0 Å². The van der Waals surface area contributed by atoms with Gasteiger partial charge in [0.05, 0.1) is 11.7 Å². The molecule has 0 aliphatic heterocycles. The van der Waals surface area contributed by atoms with Gasteiger partial charge in [-0.3, -0.25) is 4.79 Å². The number of carbonyl (C=O) groups excluding carboxylic acids is 1. The highest BCUT2D eigenvalue weighted by molar-refractivity contribution is 5.83. The highest BCUT2D eigenvalue weighted by Crippen LogP contribution is 2.39. The van der Waals surface area contributed by atoms with Gasteiger partial charge in [-0.25, -0.2) is 9.97 Å². The van der Waals surface area contributed by atoms with Gasteiger partial charge < -0.3 is 15.6 Å². The van der Waals surface area contributed by atoms with E-state index < -0.39 is 0 Å². The van der Waals surface area contributed by atoms with E-state index in [4.69, 9.17) is 4.98 Å². The van der Waals surface area contributed by atoms with Crippen molar-refractivity contribution in [1.82, 2.24) is 20.3 Å². The van der Waals surface area contributed by atoms with Crippen molar-refractivity contribution in [2.75, 3.05) is 12.4 Å². The number of nitrogens with zero attached hydrogens (tertiary/aromatic N) is 2. The Kier molecular flexibility index (Phi) is 6.10. The first-order valence-corrected chi connectivity index (χ1v) is 12.1. The van der Waals surface area contributed by atoms with E-state index in [9.17, 15) is 4.79 Å². The maximum absolute atomic E-state index is 13.1. The fourth-order valence-electron chi connectivity index (χ4n) is 4.97. The lowest BCUT2D eigenvalue weighted by molar-refractivity contribution is -0.123. The molecule has 3 aromatic rings. The second-order valence-corrected chi connectivity index (χ2v) is 9.45. The third-order valence-corrected chi connectivity index (χ3v) is 6.95. The molecule has 0 bridgehead atoms. The molecule has 3 N–H and O–H groups in total. The van der Waals surface area contributed by atoms with Crippen LogP contribution < -0.4 is 10.6 Å². The number of fused-ring (bicyclic) bond motifs is 1. The van der Waals surface area contributed by atoms with Crippen molar-refractivity contribution >= 4 is 22.6 Å². The standard InChI is InChI=1S/C26H33N5O/c1-27-24-15-23(30-26(31-24)18-11-12-18)22(29-25(32)13-17-7-3-2-4-8-17)14-19-16-28-21-10-6-5-9-20(19)21/h5-6,9-10,15-18,22,28H,2-4,7-8,11-14H2,1H3,(H,29,32)(H,27,30,31). The Hall–Kier alpha value is -2.89. The second-order valence-electron chi connectivity index (χ2n) is 9.45. The molecule has 0 radical (unpaired) electrons. The quantitative estimate of drug-likeness (QED) is 0.455. The van der Waals surface area contributed by atoms with Crippen LogP contribution in [-0.4, -0.2) is 27.9 Å². The second kappa shape index (κ2) is 9.31. The van der Waals surface area contributed by atoms with Crippen LogP contribution in [0.4, 0.5) is 5.82 Å². The monoisotopic (exact) mass is 431 g/mol. The number of para-hydroxylation sites is 1. The molecular formula is C26H33N5O. The number of nitrogens with one attached hydrogen (secondary N) is 3. The largest absolute Gasteiger partial charge is 0.373 e. The van der Waals surface area contributed by atoms with Gasteiger partial charge in [0.2, 0.25) is 5.91 Å². The topological polar surface area (TPSA) is 82.7 Å². The third-order valence-electron chi connectivity index (χ3n) is 6.95. The van der Waals surface area contributed by atoms with Crippen molar-refractivity contribution < 1.29 is 4.79 Å². The van der Waals surface area contributed by atoms with Crippen LogP contribution in [-0.2, 0) is 11.2 Å². The molecule has 2 saturated carbocycles. The summed E-state index contributed by atoms with van der Waals surface area (Å²) in [5.74, 6) is 2.82. The maximum atomic E-state index is 13.1. The average molecular weight is 432 g/mol. The first-order valence-electron chi connectivity index (χ1n) is 12.1. The SMILES string of the molecule is CNc1cc(C(Cc2c[nH]c3ccccc23)NC(=O)CC2CCCCC2)nc(C2CC2)n1. The number of aromatic nitrogens is 3. The summed E-state index contributed by atoms with van der Waals surface area (Å²) in [4.78, 5) is 26.1. The van der Waals surface area contributed by atoms with Gasteiger partial charge in [0.25, 0.3) is 0 Å². The van der Waals surface area contributed by atoms with Gasteiger partial charge in [0.1, 0.15) is 11.6 Å². The van der Waals surface area contributed by atoms with E-state index in [1.807, 2.05) is 19.2 Å². The summed E-state index contributed by atoms with van der Waals surface area (Å²) in [5, 5.41) is 7.73. The molecule has 6 nitrogen and oxygen atoms in total. The van der Waals surface area contributed by atoms with E-state index in [2.05, 4.69) is 45.0 Å². The van der Waals surface area contributed by atoms with Crippen LogP contribution in [0.5, 0.6) is 0 Å². The lowest BCUT2D eigenvalue weighted by Crippen LogP contribution is -2.32. The van der Waals surface area contributed by atoms with Crippen molar-refractivity contribution in [3.05, 3.63) is 53.6 Å². The van der Waals surface area contributed by atoms with Crippen molar-refractivity contribution in [2.24, 2.45) is 5.92 Å². The van der Waals surface area contributed by atoms with E-state index in [0.717, 1.165) is 35.7 Å². The minimum absolute atomic E-state index is 0.138. The molecular weight excluding hydrogens is 398 g/mol. The fraction of sp³-hybridized carbons (Fsp3) is 0.500. The Labute approximate surface area is 189 Å². The molecule has 168 valence electrons. The summed E-state index contributed by atoms with van der Waals surface area (Å²) in [5.41, 5.74) is 3.21. The van der Waals surface area contributed by atoms with Crippen LogP contribution >= 0.6 is 0 Å². The van der Waals surface area contributed by atoms with Crippen molar-refractivity contribution in [3.8, 4) is 0 Å². The van der Waals surface area contributed by atoms with Crippen molar-refractivity contribution in [2.45, 2.75) is 69.7 Å². The van der Waals surface area contributed by atoms with E-state index in [0.29, 0.717) is 24.7 Å². The van der Waals surface area contributed by atoms with Crippen molar-refractivity contribution in [3.63, 3.8) is 0 Å². The highest BCUT2D eigenvalue weighted by atomic mass is 16.1. The number of hydrogen-bond donors (Lipinski definition) is 3. The van der Waals surface area contributed by atoms with Gasteiger partial charge >= 0.3 is 0 Å². The molecule has 1 atom stereocenters. The number of amides is 1. The summed E-state index contributed by atoms with van der Waals surface area (Å²) in [6, 6.07) is 10.1. The van der Waals surface area contributed by atoms with E-state index in [-0.39, 0.29) is 11.9 Å².